The Morgan fingerprint density at radius 1 is 1.32 bits per heavy atom. The molecule has 1 aromatic heterocycles. The fourth-order valence-corrected chi connectivity index (χ4v) is 3.77. The summed E-state index contributed by atoms with van der Waals surface area (Å²) in [5.74, 6) is 0.0348. The van der Waals surface area contributed by atoms with E-state index in [1.54, 1.807) is 0 Å². The molecular formula is C18H30N4O3. The Balaban J connectivity index is 1.59. The van der Waals surface area contributed by atoms with Gasteiger partial charge >= 0.3 is 0 Å². The second-order valence-electron chi connectivity index (χ2n) is 7.74. The normalized spacial score (nSPS) is 21.7. The summed E-state index contributed by atoms with van der Waals surface area (Å²) in [5, 5.41) is 3.82. The molecule has 3 rings (SSSR count). The van der Waals surface area contributed by atoms with Gasteiger partial charge in [0.1, 0.15) is 11.8 Å². The van der Waals surface area contributed by atoms with E-state index in [1.807, 2.05) is 11.8 Å². The minimum absolute atomic E-state index is 0.0348. The van der Waals surface area contributed by atoms with Crippen molar-refractivity contribution in [3.05, 3.63) is 17.5 Å². The van der Waals surface area contributed by atoms with Crippen LogP contribution in [0.4, 0.5) is 0 Å². The van der Waals surface area contributed by atoms with Crippen molar-refractivity contribution in [1.82, 2.24) is 19.9 Å². The number of aromatic nitrogens is 1. The third-order valence-electron chi connectivity index (χ3n) is 5.47. The van der Waals surface area contributed by atoms with Crippen molar-refractivity contribution in [2.75, 3.05) is 66.6 Å². The molecule has 2 aliphatic rings. The molecule has 0 atom stereocenters. The van der Waals surface area contributed by atoms with Crippen LogP contribution in [-0.2, 0) is 4.74 Å². The van der Waals surface area contributed by atoms with E-state index >= 15 is 0 Å². The van der Waals surface area contributed by atoms with Gasteiger partial charge in [-0.1, -0.05) is 5.16 Å². The standard InChI is InChI=1S/C18H30N4O3/c1-15-16(12-25-19-15)17(23)22-6-4-18(5-7-22)13-21(9-8-20(2)3)10-11-24-14-18/h12H,4-11,13-14H2,1-3H3. The van der Waals surface area contributed by atoms with Gasteiger partial charge in [0.05, 0.1) is 18.9 Å². The topological polar surface area (TPSA) is 62.1 Å². The molecule has 1 amide bonds. The predicted molar refractivity (Wildman–Crippen MR) is 94.6 cm³/mol. The van der Waals surface area contributed by atoms with E-state index in [0.29, 0.717) is 11.3 Å². The van der Waals surface area contributed by atoms with E-state index in [2.05, 4.69) is 29.1 Å². The van der Waals surface area contributed by atoms with E-state index in [9.17, 15) is 4.79 Å². The summed E-state index contributed by atoms with van der Waals surface area (Å²) in [4.78, 5) is 19.3. The molecule has 0 aliphatic carbocycles. The first kappa shape index (κ1) is 18.4. The summed E-state index contributed by atoms with van der Waals surface area (Å²) in [6, 6.07) is 0. The molecule has 140 valence electrons. The molecule has 0 aromatic carbocycles. The zero-order valence-corrected chi connectivity index (χ0v) is 15.7. The first-order valence-corrected chi connectivity index (χ1v) is 9.14. The van der Waals surface area contributed by atoms with Gasteiger partial charge in [0.15, 0.2) is 0 Å². The van der Waals surface area contributed by atoms with Crippen molar-refractivity contribution in [3.8, 4) is 0 Å². The van der Waals surface area contributed by atoms with E-state index < -0.39 is 0 Å². The smallest absolute Gasteiger partial charge is 0.259 e. The molecule has 2 saturated heterocycles. The highest BCUT2D eigenvalue weighted by atomic mass is 16.5. The molecule has 0 radical (unpaired) electrons. The summed E-state index contributed by atoms with van der Waals surface area (Å²) in [5.41, 5.74) is 1.42. The van der Waals surface area contributed by atoms with Crippen LogP contribution in [0.5, 0.6) is 0 Å². The number of hydrogen-bond donors (Lipinski definition) is 0. The quantitative estimate of drug-likeness (QED) is 0.810. The van der Waals surface area contributed by atoms with Gasteiger partial charge < -0.3 is 19.1 Å². The molecule has 1 spiro atoms. The van der Waals surface area contributed by atoms with Gasteiger partial charge in [-0.25, -0.2) is 0 Å². The van der Waals surface area contributed by atoms with Crippen LogP contribution < -0.4 is 0 Å². The molecule has 2 aliphatic heterocycles. The van der Waals surface area contributed by atoms with Crippen LogP contribution in [0.2, 0.25) is 0 Å². The van der Waals surface area contributed by atoms with Gasteiger partial charge in [-0.15, -0.1) is 0 Å². The molecular weight excluding hydrogens is 320 g/mol. The monoisotopic (exact) mass is 350 g/mol. The minimum Gasteiger partial charge on any atom is -0.379 e. The Kier molecular flexibility index (Phi) is 5.76. The van der Waals surface area contributed by atoms with Crippen LogP contribution in [-0.4, -0.2) is 92.3 Å². The molecule has 1 aromatic rings. The third kappa shape index (κ3) is 4.40. The molecule has 0 N–H and O–H groups in total. The zero-order valence-electron chi connectivity index (χ0n) is 15.7. The van der Waals surface area contributed by atoms with Crippen molar-refractivity contribution in [2.45, 2.75) is 19.8 Å². The van der Waals surface area contributed by atoms with E-state index in [-0.39, 0.29) is 11.3 Å². The average Bonchev–Trinajstić information content (AvgIpc) is 2.92. The van der Waals surface area contributed by atoms with Gasteiger partial charge in [0.25, 0.3) is 5.91 Å². The number of rotatable bonds is 4. The van der Waals surface area contributed by atoms with Gasteiger partial charge in [0.2, 0.25) is 0 Å². The lowest BCUT2D eigenvalue weighted by molar-refractivity contribution is 0.0146. The zero-order chi connectivity index (χ0) is 17.9. The van der Waals surface area contributed by atoms with Gasteiger partial charge in [-0.05, 0) is 33.9 Å². The Hall–Kier alpha value is -1.44. The summed E-state index contributed by atoms with van der Waals surface area (Å²) < 4.78 is 10.8. The van der Waals surface area contributed by atoms with E-state index in [0.717, 1.165) is 65.3 Å². The fraction of sp³-hybridized carbons (Fsp3) is 0.778. The molecule has 7 heteroatoms. The molecule has 0 bridgehead atoms. The largest absolute Gasteiger partial charge is 0.379 e. The lowest BCUT2D eigenvalue weighted by Crippen LogP contribution is -2.49. The number of piperidine rings is 1. The number of carbonyl (C=O) groups is 1. The number of aryl methyl sites for hydroxylation is 1. The molecule has 7 nitrogen and oxygen atoms in total. The second kappa shape index (κ2) is 7.85. The Morgan fingerprint density at radius 3 is 2.72 bits per heavy atom. The SMILES string of the molecule is Cc1nocc1C(=O)N1CCC2(CC1)COCCN(CCN(C)C)C2. The van der Waals surface area contributed by atoms with Gasteiger partial charge in [-0.2, -0.15) is 0 Å². The lowest BCUT2D eigenvalue weighted by atomic mass is 9.78. The fourth-order valence-electron chi connectivity index (χ4n) is 3.77. The highest BCUT2D eigenvalue weighted by molar-refractivity contribution is 5.94. The highest BCUT2D eigenvalue weighted by Gasteiger charge is 2.39. The Bertz CT molecular complexity index is 579. The summed E-state index contributed by atoms with van der Waals surface area (Å²) in [6.07, 6.45) is 3.43. The molecule has 3 heterocycles. The van der Waals surface area contributed by atoms with E-state index in [4.69, 9.17) is 9.26 Å². The number of carbonyl (C=O) groups excluding carboxylic acids is 1. The van der Waals surface area contributed by atoms with Crippen LogP contribution in [0.3, 0.4) is 0 Å². The number of amides is 1. The maximum absolute atomic E-state index is 12.6. The number of likely N-dealkylation sites (N-methyl/N-ethyl adjacent to an activating group) is 1. The van der Waals surface area contributed by atoms with Crippen LogP contribution in [0.25, 0.3) is 0 Å². The molecule has 0 saturated carbocycles. The van der Waals surface area contributed by atoms with Crippen LogP contribution in [0.1, 0.15) is 28.9 Å². The van der Waals surface area contributed by atoms with Gasteiger partial charge in [0, 0.05) is 44.7 Å². The van der Waals surface area contributed by atoms with Crippen LogP contribution in [0, 0.1) is 12.3 Å². The highest BCUT2D eigenvalue weighted by Crippen LogP contribution is 2.34. The maximum atomic E-state index is 12.6. The van der Waals surface area contributed by atoms with Crippen molar-refractivity contribution in [1.29, 1.82) is 0 Å². The van der Waals surface area contributed by atoms with Crippen LogP contribution >= 0.6 is 0 Å². The summed E-state index contributed by atoms with van der Waals surface area (Å²) in [7, 11) is 4.22. The van der Waals surface area contributed by atoms with Crippen molar-refractivity contribution < 1.29 is 14.1 Å². The van der Waals surface area contributed by atoms with Crippen molar-refractivity contribution >= 4 is 5.91 Å². The first-order chi connectivity index (χ1) is 12.0. The molecule has 25 heavy (non-hydrogen) atoms. The number of ether oxygens (including phenoxy) is 1. The maximum Gasteiger partial charge on any atom is 0.259 e. The molecule has 0 unspecified atom stereocenters. The average molecular weight is 350 g/mol. The second-order valence-corrected chi connectivity index (χ2v) is 7.74. The van der Waals surface area contributed by atoms with Crippen molar-refractivity contribution in [3.63, 3.8) is 0 Å². The number of nitrogens with zero attached hydrogens (tertiary/aromatic N) is 4. The molecule has 2 fully saturated rings. The lowest BCUT2D eigenvalue weighted by Gasteiger charge is -2.42. The number of hydrogen-bond acceptors (Lipinski definition) is 6. The summed E-state index contributed by atoms with van der Waals surface area (Å²) >= 11 is 0. The Morgan fingerprint density at radius 2 is 2.08 bits per heavy atom. The Labute approximate surface area is 149 Å². The van der Waals surface area contributed by atoms with Crippen LogP contribution in [0.15, 0.2) is 10.8 Å². The third-order valence-corrected chi connectivity index (χ3v) is 5.47. The summed E-state index contributed by atoms with van der Waals surface area (Å²) in [6.45, 7) is 9.16. The van der Waals surface area contributed by atoms with E-state index in [1.165, 1.54) is 6.26 Å². The predicted octanol–water partition coefficient (Wildman–Crippen LogP) is 1.10. The number of likely N-dealkylation sites (tertiary alicyclic amines) is 1. The first-order valence-electron chi connectivity index (χ1n) is 9.14. The van der Waals surface area contributed by atoms with Gasteiger partial charge in [-0.3, -0.25) is 9.69 Å². The van der Waals surface area contributed by atoms with Crippen molar-refractivity contribution in [2.24, 2.45) is 5.41 Å². The minimum atomic E-state index is 0.0348.